The molecule has 0 saturated carbocycles. The summed E-state index contributed by atoms with van der Waals surface area (Å²) in [5.74, 6) is 0.787. The van der Waals surface area contributed by atoms with Crippen LogP contribution in [0.1, 0.15) is 19.8 Å². The largest absolute Gasteiger partial charge is 0.306 e. The summed E-state index contributed by atoms with van der Waals surface area (Å²) in [7, 11) is 2.18. The van der Waals surface area contributed by atoms with E-state index in [1.165, 1.54) is 25.1 Å². The van der Waals surface area contributed by atoms with Crippen LogP contribution in [0.2, 0.25) is 0 Å². The lowest BCUT2D eigenvalue weighted by molar-refractivity contribution is 0.404. The summed E-state index contributed by atoms with van der Waals surface area (Å²) < 4.78 is 0. The summed E-state index contributed by atoms with van der Waals surface area (Å²) in [4.78, 5) is 2.38. The topological polar surface area (TPSA) is 3.24 Å². The van der Waals surface area contributed by atoms with Gasteiger partial charge >= 0.3 is 0 Å². The Balaban J connectivity index is 2.37. The quantitative estimate of drug-likeness (QED) is 0.528. The zero-order valence-electron chi connectivity index (χ0n) is 7.06. The Kier molecular flexibility index (Phi) is 2.50. The minimum Gasteiger partial charge on any atom is -0.306 e. The number of hydrogen-bond donors (Lipinski definition) is 0. The van der Waals surface area contributed by atoms with E-state index < -0.39 is 0 Å². The Morgan fingerprint density at radius 1 is 1.70 bits per heavy atom. The highest BCUT2D eigenvalue weighted by molar-refractivity contribution is 5.02. The summed E-state index contributed by atoms with van der Waals surface area (Å²) in [6.45, 7) is 8.74. The lowest BCUT2D eigenvalue weighted by Gasteiger charge is -2.11. The highest BCUT2D eigenvalue weighted by Gasteiger charge is 2.20. The fraction of sp³-hybridized carbons (Fsp3) is 0.778. The van der Waals surface area contributed by atoms with E-state index in [4.69, 9.17) is 0 Å². The van der Waals surface area contributed by atoms with Gasteiger partial charge in [-0.1, -0.05) is 19.1 Å². The SMILES string of the molecule is C=C(CC)[C@@H]1CCN(C)C1. The molecule has 0 amide bonds. The van der Waals surface area contributed by atoms with E-state index in [1.54, 1.807) is 0 Å². The average molecular weight is 139 g/mol. The van der Waals surface area contributed by atoms with Crippen molar-refractivity contribution in [3.63, 3.8) is 0 Å². The van der Waals surface area contributed by atoms with Gasteiger partial charge in [-0.2, -0.15) is 0 Å². The third-order valence-corrected chi connectivity index (χ3v) is 2.42. The van der Waals surface area contributed by atoms with Gasteiger partial charge in [-0.25, -0.2) is 0 Å². The van der Waals surface area contributed by atoms with Gasteiger partial charge in [0.05, 0.1) is 0 Å². The van der Waals surface area contributed by atoms with Gasteiger partial charge in [0, 0.05) is 6.54 Å². The van der Waals surface area contributed by atoms with E-state index in [-0.39, 0.29) is 0 Å². The van der Waals surface area contributed by atoms with Crippen molar-refractivity contribution in [3.05, 3.63) is 12.2 Å². The Hall–Kier alpha value is -0.300. The van der Waals surface area contributed by atoms with Crippen LogP contribution in [0.25, 0.3) is 0 Å². The van der Waals surface area contributed by atoms with Gasteiger partial charge in [-0.05, 0) is 32.4 Å². The normalized spacial score (nSPS) is 27.2. The van der Waals surface area contributed by atoms with Gasteiger partial charge in [-0.15, -0.1) is 0 Å². The first-order valence-electron chi connectivity index (χ1n) is 4.10. The molecule has 1 heterocycles. The summed E-state index contributed by atoms with van der Waals surface area (Å²) >= 11 is 0. The summed E-state index contributed by atoms with van der Waals surface area (Å²) in [6.07, 6.45) is 2.47. The van der Waals surface area contributed by atoms with E-state index in [0.717, 1.165) is 12.3 Å². The number of rotatable bonds is 2. The molecular weight excluding hydrogens is 122 g/mol. The van der Waals surface area contributed by atoms with E-state index in [9.17, 15) is 0 Å². The minimum atomic E-state index is 0.787. The zero-order valence-corrected chi connectivity index (χ0v) is 7.06. The highest BCUT2D eigenvalue weighted by atomic mass is 15.1. The molecule has 1 heteroatoms. The van der Waals surface area contributed by atoms with Gasteiger partial charge in [0.1, 0.15) is 0 Å². The molecule has 58 valence electrons. The van der Waals surface area contributed by atoms with Crippen LogP contribution in [0, 0.1) is 5.92 Å². The average Bonchev–Trinajstić information content (AvgIpc) is 2.34. The van der Waals surface area contributed by atoms with Gasteiger partial charge < -0.3 is 4.90 Å². The Morgan fingerprint density at radius 3 is 2.80 bits per heavy atom. The van der Waals surface area contributed by atoms with Crippen molar-refractivity contribution in [2.24, 2.45) is 5.92 Å². The minimum absolute atomic E-state index is 0.787. The third-order valence-electron chi connectivity index (χ3n) is 2.42. The number of likely N-dealkylation sites (tertiary alicyclic amines) is 1. The lowest BCUT2D eigenvalue weighted by atomic mass is 9.98. The van der Waals surface area contributed by atoms with Crippen molar-refractivity contribution in [3.8, 4) is 0 Å². The van der Waals surface area contributed by atoms with Crippen LogP contribution in [-0.2, 0) is 0 Å². The predicted octanol–water partition coefficient (Wildman–Crippen LogP) is 1.90. The maximum absolute atomic E-state index is 4.06. The summed E-state index contributed by atoms with van der Waals surface area (Å²) in [6, 6.07) is 0. The molecule has 0 aromatic carbocycles. The fourth-order valence-electron chi connectivity index (χ4n) is 1.56. The molecule has 0 aliphatic carbocycles. The van der Waals surface area contributed by atoms with Crippen molar-refractivity contribution in [1.82, 2.24) is 4.90 Å². The zero-order chi connectivity index (χ0) is 7.56. The maximum Gasteiger partial charge on any atom is 0.00443 e. The van der Waals surface area contributed by atoms with Crippen LogP contribution >= 0.6 is 0 Å². The van der Waals surface area contributed by atoms with Crippen LogP contribution in [-0.4, -0.2) is 25.0 Å². The highest BCUT2D eigenvalue weighted by Crippen LogP contribution is 2.22. The smallest absolute Gasteiger partial charge is 0.00443 e. The number of nitrogens with zero attached hydrogens (tertiary/aromatic N) is 1. The molecule has 0 N–H and O–H groups in total. The molecule has 1 nitrogen and oxygen atoms in total. The van der Waals surface area contributed by atoms with Crippen molar-refractivity contribution in [1.29, 1.82) is 0 Å². The first-order chi connectivity index (χ1) is 4.74. The first kappa shape index (κ1) is 7.80. The molecule has 0 spiro atoms. The molecule has 1 fully saturated rings. The Labute approximate surface area is 63.7 Å². The molecule has 1 saturated heterocycles. The Morgan fingerprint density at radius 2 is 2.40 bits per heavy atom. The second-order valence-electron chi connectivity index (χ2n) is 3.26. The van der Waals surface area contributed by atoms with Gasteiger partial charge in [0.15, 0.2) is 0 Å². The molecule has 10 heavy (non-hydrogen) atoms. The van der Waals surface area contributed by atoms with Crippen molar-refractivity contribution < 1.29 is 0 Å². The van der Waals surface area contributed by atoms with Gasteiger partial charge in [0.2, 0.25) is 0 Å². The number of hydrogen-bond acceptors (Lipinski definition) is 1. The molecule has 1 rings (SSSR count). The van der Waals surface area contributed by atoms with E-state index in [0.29, 0.717) is 0 Å². The van der Waals surface area contributed by atoms with Crippen LogP contribution in [0.5, 0.6) is 0 Å². The second kappa shape index (κ2) is 3.20. The van der Waals surface area contributed by atoms with Crippen LogP contribution < -0.4 is 0 Å². The van der Waals surface area contributed by atoms with Crippen LogP contribution in [0.15, 0.2) is 12.2 Å². The first-order valence-corrected chi connectivity index (χ1v) is 4.10. The van der Waals surface area contributed by atoms with Crippen molar-refractivity contribution >= 4 is 0 Å². The second-order valence-corrected chi connectivity index (χ2v) is 3.26. The standard InChI is InChI=1S/C9H17N/c1-4-8(2)9-5-6-10(3)7-9/h9H,2,4-7H2,1,3H3/t9-/m1/s1. The van der Waals surface area contributed by atoms with E-state index in [1.807, 2.05) is 0 Å². The molecule has 1 aliphatic rings. The molecule has 1 aliphatic heterocycles. The van der Waals surface area contributed by atoms with Crippen LogP contribution in [0.4, 0.5) is 0 Å². The Bertz CT molecular complexity index is 129. The van der Waals surface area contributed by atoms with E-state index in [2.05, 4.69) is 25.5 Å². The molecule has 0 bridgehead atoms. The molecular formula is C9H17N. The van der Waals surface area contributed by atoms with E-state index >= 15 is 0 Å². The maximum atomic E-state index is 4.06. The molecule has 0 aromatic heterocycles. The lowest BCUT2D eigenvalue weighted by Crippen LogP contribution is -2.14. The fourth-order valence-corrected chi connectivity index (χ4v) is 1.56. The summed E-state index contributed by atoms with van der Waals surface area (Å²) in [5.41, 5.74) is 1.43. The van der Waals surface area contributed by atoms with Crippen molar-refractivity contribution in [2.45, 2.75) is 19.8 Å². The summed E-state index contributed by atoms with van der Waals surface area (Å²) in [5, 5.41) is 0. The van der Waals surface area contributed by atoms with Gasteiger partial charge in [0.25, 0.3) is 0 Å². The van der Waals surface area contributed by atoms with Crippen molar-refractivity contribution in [2.75, 3.05) is 20.1 Å². The molecule has 1 atom stereocenters. The monoisotopic (exact) mass is 139 g/mol. The third kappa shape index (κ3) is 1.60. The van der Waals surface area contributed by atoms with Crippen LogP contribution in [0.3, 0.4) is 0 Å². The molecule has 0 unspecified atom stereocenters. The predicted molar refractivity (Wildman–Crippen MR) is 45.0 cm³/mol. The molecule has 0 aromatic rings. The molecule has 0 radical (unpaired) electrons. The van der Waals surface area contributed by atoms with Gasteiger partial charge in [-0.3, -0.25) is 0 Å².